The van der Waals surface area contributed by atoms with E-state index in [4.69, 9.17) is 4.74 Å². The molecule has 0 aliphatic carbocycles. The molecule has 0 amide bonds. The highest BCUT2D eigenvalue weighted by atomic mass is 79.9. The molecule has 2 nitrogen and oxygen atoms in total. The standard InChI is InChI=1S/C14H20BrNO/c1-5-16-11(4)13-8-12(15)6-7-14(13)17-9-10(2)3/h6-8,11,16H,2,5,9H2,1,3-4H3. The molecule has 1 rings (SSSR count). The van der Waals surface area contributed by atoms with Gasteiger partial charge in [-0.2, -0.15) is 0 Å². The summed E-state index contributed by atoms with van der Waals surface area (Å²) < 4.78 is 6.83. The van der Waals surface area contributed by atoms with E-state index in [9.17, 15) is 0 Å². The summed E-state index contributed by atoms with van der Waals surface area (Å²) in [7, 11) is 0. The normalized spacial score (nSPS) is 12.2. The predicted molar refractivity (Wildman–Crippen MR) is 76.5 cm³/mol. The molecule has 1 unspecified atom stereocenters. The van der Waals surface area contributed by atoms with Crippen LogP contribution < -0.4 is 10.1 Å². The lowest BCUT2D eigenvalue weighted by atomic mass is 10.1. The highest BCUT2D eigenvalue weighted by molar-refractivity contribution is 9.10. The van der Waals surface area contributed by atoms with Gasteiger partial charge in [-0.05, 0) is 44.2 Å². The Balaban J connectivity index is 2.90. The maximum Gasteiger partial charge on any atom is 0.124 e. The van der Waals surface area contributed by atoms with Crippen LogP contribution in [0.3, 0.4) is 0 Å². The third kappa shape index (κ3) is 4.52. The van der Waals surface area contributed by atoms with Crippen molar-refractivity contribution in [1.82, 2.24) is 5.32 Å². The maximum absolute atomic E-state index is 5.76. The molecule has 1 atom stereocenters. The summed E-state index contributed by atoms with van der Waals surface area (Å²) in [5, 5.41) is 3.39. The van der Waals surface area contributed by atoms with E-state index in [2.05, 4.69) is 47.7 Å². The third-order valence-electron chi connectivity index (χ3n) is 2.42. The van der Waals surface area contributed by atoms with Crippen molar-refractivity contribution in [3.05, 3.63) is 40.4 Å². The van der Waals surface area contributed by atoms with Crippen LogP contribution in [0.1, 0.15) is 32.4 Å². The molecule has 0 heterocycles. The highest BCUT2D eigenvalue weighted by Gasteiger charge is 2.11. The Morgan fingerprint density at radius 1 is 1.53 bits per heavy atom. The summed E-state index contributed by atoms with van der Waals surface area (Å²) in [6.07, 6.45) is 0. The van der Waals surface area contributed by atoms with Gasteiger partial charge < -0.3 is 10.1 Å². The molecular weight excluding hydrogens is 278 g/mol. The van der Waals surface area contributed by atoms with E-state index in [1.54, 1.807) is 0 Å². The number of ether oxygens (including phenoxy) is 1. The average molecular weight is 298 g/mol. The van der Waals surface area contributed by atoms with E-state index in [-0.39, 0.29) is 6.04 Å². The smallest absolute Gasteiger partial charge is 0.124 e. The van der Waals surface area contributed by atoms with Crippen LogP contribution in [0.25, 0.3) is 0 Å². The molecule has 0 fully saturated rings. The number of hydrogen-bond donors (Lipinski definition) is 1. The Labute approximate surface area is 112 Å². The molecule has 0 saturated heterocycles. The molecule has 3 heteroatoms. The predicted octanol–water partition coefficient (Wildman–Crippen LogP) is 4.07. The molecule has 0 spiro atoms. The monoisotopic (exact) mass is 297 g/mol. The molecule has 0 aliphatic heterocycles. The Bertz CT molecular complexity index is 390. The first kappa shape index (κ1) is 14.3. The molecule has 17 heavy (non-hydrogen) atoms. The van der Waals surface area contributed by atoms with E-state index in [1.807, 2.05) is 19.1 Å². The average Bonchev–Trinajstić information content (AvgIpc) is 2.27. The molecule has 1 aromatic carbocycles. The number of nitrogens with one attached hydrogen (secondary N) is 1. The van der Waals surface area contributed by atoms with Gasteiger partial charge in [0.25, 0.3) is 0 Å². The topological polar surface area (TPSA) is 21.3 Å². The number of halogens is 1. The largest absolute Gasteiger partial charge is 0.489 e. The van der Waals surface area contributed by atoms with Gasteiger partial charge in [0.05, 0.1) is 0 Å². The summed E-state index contributed by atoms with van der Waals surface area (Å²) >= 11 is 3.49. The van der Waals surface area contributed by atoms with E-state index < -0.39 is 0 Å². The Morgan fingerprint density at radius 3 is 2.82 bits per heavy atom. The van der Waals surface area contributed by atoms with Crippen molar-refractivity contribution in [3.63, 3.8) is 0 Å². The molecular formula is C14H20BrNO. The fraction of sp³-hybridized carbons (Fsp3) is 0.429. The molecule has 0 saturated carbocycles. The van der Waals surface area contributed by atoms with Crippen LogP contribution in [-0.4, -0.2) is 13.2 Å². The maximum atomic E-state index is 5.76. The summed E-state index contributed by atoms with van der Waals surface area (Å²) in [5.74, 6) is 0.921. The van der Waals surface area contributed by atoms with Crippen LogP contribution in [-0.2, 0) is 0 Å². The van der Waals surface area contributed by atoms with Crippen LogP contribution in [0.2, 0.25) is 0 Å². The summed E-state index contributed by atoms with van der Waals surface area (Å²) in [4.78, 5) is 0. The van der Waals surface area contributed by atoms with Gasteiger partial charge in [0.15, 0.2) is 0 Å². The van der Waals surface area contributed by atoms with Gasteiger partial charge in [0.2, 0.25) is 0 Å². The summed E-state index contributed by atoms with van der Waals surface area (Å²) in [6, 6.07) is 6.37. The van der Waals surface area contributed by atoms with E-state index >= 15 is 0 Å². The molecule has 0 aromatic heterocycles. The zero-order chi connectivity index (χ0) is 12.8. The van der Waals surface area contributed by atoms with Crippen molar-refractivity contribution in [2.24, 2.45) is 0 Å². The number of hydrogen-bond acceptors (Lipinski definition) is 2. The minimum atomic E-state index is 0.276. The lowest BCUT2D eigenvalue weighted by Gasteiger charge is -2.18. The minimum absolute atomic E-state index is 0.276. The lowest BCUT2D eigenvalue weighted by molar-refractivity contribution is 0.344. The molecule has 0 bridgehead atoms. The van der Waals surface area contributed by atoms with E-state index in [1.165, 1.54) is 5.56 Å². The van der Waals surface area contributed by atoms with Crippen LogP contribution in [0.15, 0.2) is 34.8 Å². The van der Waals surface area contributed by atoms with Crippen molar-refractivity contribution >= 4 is 15.9 Å². The third-order valence-corrected chi connectivity index (χ3v) is 2.92. The minimum Gasteiger partial charge on any atom is -0.489 e. The van der Waals surface area contributed by atoms with Crippen molar-refractivity contribution in [3.8, 4) is 5.75 Å². The second kappa shape index (κ2) is 6.82. The van der Waals surface area contributed by atoms with Crippen LogP contribution >= 0.6 is 15.9 Å². The van der Waals surface area contributed by atoms with Crippen molar-refractivity contribution < 1.29 is 4.74 Å². The molecule has 94 valence electrons. The fourth-order valence-corrected chi connectivity index (χ4v) is 1.99. The van der Waals surface area contributed by atoms with Gasteiger partial charge in [-0.15, -0.1) is 0 Å². The van der Waals surface area contributed by atoms with Crippen molar-refractivity contribution in [1.29, 1.82) is 0 Å². The first-order chi connectivity index (χ1) is 8.04. The Kier molecular flexibility index (Phi) is 5.72. The molecule has 1 N–H and O–H groups in total. The Morgan fingerprint density at radius 2 is 2.24 bits per heavy atom. The first-order valence-corrected chi connectivity index (χ1v) is 6.64. The van der Waals surface area contributed by atoms with Gasteiger partial charge in [0, 0.05) is 16.1 Å². The van der Waals surface area contributed by atoms with Gasteiger partial charge in [0.1, 0.15) is 12.4 Å². The first-order valence-electron chi connectivity index (χ1n) is 5.84. The van der Waals surface area contributed by atoms with Gasteiger partial charge in [-0.3, -0.25) is 0 Å². The second-order valence-corrected chi connectivity index (χ2v) is 5.12. The number of benzene rings is 1. The fourth-order valence-electron chi connectivity index (χ4n) is 1.61. The van der Waals surface area contributed by atoms with E-state index in [0.29, 0.717) is 6.61 Å². The van der Waals surface area contributed by atoms with Crippen LogP contribution in [0.4, 0.5) is 0 Å². The summed E-state index contributed by atoms with van der Waals surface area (Å²) in [6.45, 7) is 11.6. The Hall–Kier alpha value is -0.800. The van der Waals surface area contributed by atoms with Gasteiger partial charge in [-0.1, -0.05) is 29.4 Å². The zero-order valence-electron chi connectivity index (χ0n) is 10.7. The van der Waals surface area contributed by atoms with Crippen LogP contribution in [0.5, 0.6) is 5.75 Å². The molecule has 1 aromatic rings. The molecule has 0 aliphatic rings. The number of rotatable bonds is 6. The highest BCUT2D eigenvalue weighted by Crippen LogP contribution is 2.28. The van der Waals surface area contributed by atoms with Gasteiger partial charge in [-0.25, -0.2) is 0 Å². The van der Waals surface area contributed by atoms with Gasteiger partial charge >= 0.3 is 0 Å². The van der Waals surface area contributed by atoms with Crippen molar-refractivity contribution in [2.45, 2.75) is 26.8 Å². The lowest BCUT2D eigenvalue weighted by Crippen LogP contribution is -2.18. The van der Waals surface area contributed by atoms with Crippen LogP contribution in [0, 0.1) is 0 Å². The van der Waals surface area contributed by atoms with E-state index in [0.717, 1.165) is 22.3 Å². The SMILES string of the molecule is C=C(C)COc1ccc(Br)cc1C(C)NCC. The summed E-state index contributed by atoms with van der Waals surface area (Å²) in [5.41, 5.74) is 2.19. The zero-order valence-corrected chi connectivity index (χ0v) is 12.3. The molecule has 0 radical (unpaired) electrons. The quantitative estimate of drug-likeness (QED) is 0.799. The van der Waals surface area contributed by atoms with Crippen molar-refractivity contribution in [2.75, 3.05) is 13.2 Å². The second-order valence-electron chi connectivity index (χ2n) is 4.21.